The third-order valence-corrected chi connectivity index (χ3v) is 12.3. The van der Waals surface area contributed by atoms with E-state index in [4.69, 9.17) is 0 Å². The van der Waals surface area contributed by atoms with Gasteiger partial charge in [-0.1, -0.05) is 33.6 Å². The van der Waals surface area contributed by atoms with Gasteiger partial charge in [0.2, 0.25) is 5.91 Å². The molecule has 1 N–H and O–H groups in total. The van der Waals surface area contributed by atoms with Gasteiger partial charge in [0, 0.05) is 19.4 Å². The minimum absolute atomic E-state index is 0. The summed E-state index contributed by atoms with van der Waals surface area (Å²) < 4.78 is 1.04. The smallest absolute Gasteiger partial charge is 0.220 e. The molecule has 4 aliphatic rings. The number of rotatable bonds is 9. The fourth-order valence-corrected chi connectivity index (χ4v) is 9.81. The number of carbonyl (C=O) groups is 1. The maximum Gasteiger partial charge on any atom is 0.220 e. The quantitative estimate of drug-likeness (QED) is 0.242. The Morgan fingerprint density at radius 3 is 2.46 bits per heavy atom. The minimum Gasteiger partial charge on any atom is -1.00 e. The van der Waals surface area contributed by atoms with Gasteiger partial charge < -0.3 is 33.8 Å². The number of hydrogen-bond donors (Lipinski definition) is 1. The van der Waals surface area contributed by atoms with Gasteiger partial charge >= 0.3 is 0 Å². The highest BCUT2D eigenvalue weighted by Gasteiger charge is 2.60. The molecule has 0 saturated heterocycles. The molecular formula is C31H57IN2O. The molecule has 0 aromatic carbocycles. The molecule has 8 atom stereocenters. The first-order chi connectivity index (χ1) is 16.1. The maximum atomic E-state index is 12.6. The molecule has 4 heteroatoms. The predicted octanol–water partition coefficient (Wildman–Crippen LogP) is 4.06. The lowest BCUT2D eigenvalue weighted by Crippen LogP contribution is -3.00. The van der Waals surface area contributed by atoms with Crippen LogP contribution in [-0.2, 0) is 4.79 Å². The number of halogens is 1. The van der Waals surface area contributed by atoms with Crippen molar-refractivity contribution < 1.29 is 33.3 Å². The normalized spacial score (nSPS) is 39.5. The summed E-state index contributed by atoms with van der Waals surface area (Å²) in [6.07, 6.45) is 17.7. The lowest BCUT2D eigenvalue weighted by molar-refractivity contribution is -0.888. The van der Waals surface area contributed by atoms with Crippen LogP contribution in [0.2, 0.25) is 0 Å². The van der Waals surface area contributed by atoms with Crippen molar-refractivity contribution in [1.82, 2.24) is 5.32 Å². The number of carbonyl (C=O) groups excluding carboxylic acids is 1. The van der Waals surface area contributed by atoms with E-state index < -0.39 is 0 Å². The summed E-state index contributed by atoms with van der Waals surface area (Å²) in [5.41, 5.74) is 1.17. The molecule has 0 radical (unpaired) electrons. The highest BCUT2D eigenvalue weighted by atomic mass is 127. The van der Waals surface area contributed by atoms with Crippen LogP contribution in [0.1, 0.15) is 111 Å². The van der Waals surface area contributed by atoms with Crippen LogP contribution >= 0.6 is 0 Å². The van der Waals surface area contributed by atoms with Crippen molar-refractivity contribution in [2.45, 2.75) is 111 Å². The summed E-state index contributed by atoms with van der Waals surface area (Å²) in [5.74, 6) is 5.74. The Hall–Kier alpha value is 0.160. The van der Waals surface area contributed by atoms with Crippen molar-refractivity contribution in [1.29, 1.82) is 0 Å². The minimum atomic E-state index is 0. The highest BCUT2D eigenvalue weighted by molar-refractivity contribution is 5.75. The van der Waals surface area contributed by atoms with Crippen molar-refractivity contribution in [2.75, 3.05) is 33.7 Å². The summed E-state index contributed by atoms with van der Waals surface area (Å²) in [6, 6.07) is 0. The van der Waals surface area contributed by atoms with Gasteiger partial charge in [0.25, 0.3) is 0 Å². The average molecular weight is 601 g/mol. The van der Waals surface area contributed by atoms with E-state index in [2.05, 4.69) is 47.1 Å². The lowest BCUT2D eigenvalue weighted by Gasteiger charge is -2.61. The van der Waals surface area contributed by atoms with Gasteiger partial charge in [0.1, 0.15) is 0 Å². The van der Waals surface area contributed by atoms with E-state index in [1.165, 1.54) is 64.2 Å². The summed E-state index contributed by atoms with van der Waals surface area (Å²) in [7, 11) is 4.54. The Morgan fingerprint density at radius 1 is 0.971 bits per heavy atom. The van der Waals surface area contributed by atoms with E-state index in [1.807, 2.05) is 0 Å². The second kappa shape index (κ2) is 11.9. The molecule has 35 heavy (non-hydrogen) atoms. The number of nitrogens with zero attached hydrogens (tertiary/aromatic N) is 1. The van der Waals surface area contributed by atoms with Crippen LogP contribution in [0.5, 0.6) is 0 Å². The van der Waals surface area contributed by atoms with Gasteiger partial charge in [-0.15, -0.1) is 0 Å². The first-order valence-electron chi connectivity index (χ1n) is 15.2. The number of quaternary nitrogens is 1. The van der Waals surface area contributed by atoms with Gasteiger partial charge in [-0.05, 0) is 111 Å². The van der Waals surface area contributed by atoms with Crippen molar-refractivity contribution in [3.8, 4) is 0 Å². The van der Waals surface area contributed by atoms with Crippen LogP contribution in [0.15, 0.2) is 0 Å². The van der Waals surface area contributed by atoms with Crippen LogP contribution in [-0.4, -0.2) is 44.1 Å². The molecular weight excluding hydrogens is 543 g/mol. The van der Waals surface area contributed by atoms with Crippen molar-refractivity contribution in [3.05, 3.63) is 0 Å². The molecule has 4 fully saturated rings. The lowest BCUT2D eigenvalue weighted by atomic mass is 9.44. The second-order valence-electron chi connectivity index (χ2n) is 14.3. The van der Waals surface area contributed by atoms with E-state index in [0.29, 0.717) is 16.7 Å². The molecule has 4 rings (SSSR count). The Labute approximate surface area is 234 Å². The number of fused-ring (bicyclic) bond motifs is 5. The van der Waals surface area contributed by atoms with Crippen LogP contribution in [0, 0.1) is 46.3 Å². The van der Waals surface area contributed by atoms with Gasteiger partial charge in [0.05, 0.1) is 27.2 Å². The topological polar surface area (TPSA) is 29.1 Å². The third-order valence-electron chi connectivity index (χ3n) is 12.3. The number of nitrogens with one attached hydrogen (secondary N) is 1. The van der Waals surface area contributed by atoms with Gasteiger partial charge in [-0.25, -0.2) is 0 Å². The number of hydrogen-bond acceptors (Lipinski definition) is 1. The Balaban J connectivity index is 0.00000342. The zero-order chi connectivity index (χ0) is 24.6. The number of amides is 1. The predicted molar refractivity (Wildman–Crippen MR) is 143 cm³/mol. The standard InChI is InChI=1S/C31H56N2O.HI/c1-7-33(5,6)22-10-21-32-29(34)17-12-23(2)26-15-16-27-25-14-13-24-11-8-9-19-30(24,3)28(25)18-20-31(26,27)4;/h23-28H,7-22H2,1-6H3;1H/t23-,24?,25?,26-,27?,28?,30+,31-;/m1./s1. The molecule has 0 aromatic heterocycles. The summed E-state index contributed by atoms with van der Waals surface area (Å²) in [6.45, 7) is 13.2. The zero-order valence-electron chi connectivity index (χ0n) is 24.0. The fourth-order valence-electron chi connectivity index (χ4n) is 9.81. The first-order valence-corrected chi connectivity index (χ1v) is 15.2. The zero-order valence-corrected chi connectivity index (χ0v) is 26.2. The Morgan fingerprint density at radius 2 is 1.71 bits per heavy atom. The maximum absolute atomic E-state index is 12.6. The third kappa shape index (κ3) is 6.09. The van der Waals surface area contributed by atoms with E-state index in [-0.39, 0.29) is 29.9 Å². The van der Waals surface area contributed by atoms with Crippen molar-refractivity contribution >= 4 is 5.91 Å². The van der Waals surface area contributed by atoms with Gasteiger partial charge in [-0.2, -0.15) is 0 Å². The highest BCUT2D eigenvalue weighted by Crippen LogP contribution is 2.68. The van der Waals surface area contributed by atoms with E-state index in [9.17, 15) is 4.79 Å². The summed E-state index contributed by atoms with van der Waals surface area (Å²) >= 11 is 0. The summed E-state index contributed by atoms with van der Waals surface area (Å²) in [4.78, 5) is 12.6. The van der Waals surface area contributed by atoms with E-state index >= 15 is 0 Å². The van der Waals surface area contributed by atoms with Crippen LogP contribution in [0.3, 0.4) is 0 Å². The van der Waals surface area contributed by atoms with Crippen molar-refractivity contribution in [3.63, 3.8) is 0 Å². The van der Waals surface area contributed by atoms with E-state index in [1.54, 1.807) is 0 Å². The molecule has 4 saturated carbocycles. The van der Waals surface area contributed by atoms with Crippen LogP contribution in [0.4, 0.5) is 0 Å². The molecule has 0 aromatic rings. The van der Waals surface area contributed by atoms with Gasteiger partial charge in [0.15, 0.2) is 0 Å². The molecule has 0 heterocycles. The summed E-state index contributed by atoms with van der Waals surface area (Å²) in [5, 5.41) is 3.21. The van der Waals surface area contributed by atoms with Gasteiger partial charge in [-0.3, -0.25) is 4.79 Å². The molecule has 1 amide bonds. The monoisotopic (exact) mass is 600 g/mol. The SMILES string of the molecule is CC[N+](C)(C)CCCNC(=O)CC[C@@H](C)[C@H]1CCC2C3CCC4CCCC[C@]4(C)C3CC[C@@]21C.[I-]. The second-order valence-corrected chi connectivity index (χ2v) is 14.3. The molecule has 0 bridgehead atoms. The molecule has 0 spiro atoms. The molecule has 3 nitrogen and oxygen atoms in total. The largest absolute Gasteiger partial charge is 1.00 e. The van der Waals surface area contributed by atoms with E-state index in [0.717, 1.165) is 73.0 Å². The fraction of sp³-hybridized carbons (Fsp3) is 0.968. The Kier molecular flexibility index (Phi) is 10.1. The Bertz CT molecular complexity index is 710. The van der Waals surface area contributed by atoms with Crippen molar-refractivity contribution in [2.24, 2.45) is 46.3 Å². The molecule has 4 aliphatic carbocycles. The average Bonchev–Trinajstić information content (AvgIpc) is 3.17. The first kappa shape index (κ1) is 29.7. The van der Waals surface area contributed by atoms with Crippen LogP contribution < -0.4 is 29.3 Å². The molecule has 4 unspecified atom stereocenters. The molecule has 0 aliphatic heterocycles. The molecule has 204 valence electrons. The van der Waals surface area contributed by atoms with Crippen LogP contribution in [0.25, 0.3) is 0 Å².